The van der Waals surface area contributed by atoms with Gasteiger partial charge < -0.3 is 19.1 Å². The average Bonchev–Trinajstić information content (AvgIpc) is 3.20. The second-order valence-corrected chi connectivity index (χ2v) is 6.77. The minimum atomic E-state index is -1.05. The number of aliphatic carboxylic acids is 1. The molecule has 154 valence electrons. The summed E-state index contributed by atoms with van der Waals surface area (Å²) in [7, 11) is 1.53. The van der Waals surface area contributed by atoms with E-state index in [-0.39, 0.29) is 5.78 Å². The Morgan fingerprint density at radius 1 is 1.07 bits per heavy atom. The maximum absolute atomic E-state index is 12.8. The summed E-state index contributed by atoms with van der Waals surface area (Å²) in [5, 5.41) is 8.78. The molecule has 0 unspecified atom stereocenters. The molecule has 6 heteroatoms. The summed E-state index contributed by atoms with van der Waals surface area (Å²) in [5.41, 5.74) is 3.17. The van der Waals surface area contributed by atoms with Gasteiger partial charge in [0, 0.05) is 24.4 Å². The zero-order valence-corrected chi connectivity index (χ0v) is 16.9. The zero-order valence-electron chi connectivity index (χ0n) is 16.9. The molecule has 0 saturated heterocycles. The van der Waals surface area contributed by atoms with Crippen LogP contribution in [0.2, 0.25) is 0 Å². The SMILES string of the molecule is COc1cc(/C=C/Cn2cccc2C(=O)c2ccc(C)cc2)cc(OCC(=O)O)c1. The Morgan fingerprint density at radius 3 is 2.50 bits per heavy atom. The number of ketones is 1. The molecule has 1 aromatic heterocycles. The number of carboxylic acids is 1. The third kappa shape index (κ3) is 5.38. The van der Waals surface area contributed by atoms with Crippen LogP contribution in [0, 0.1) is 6.92 Å². The van der Waals surface area contributed by atoms with Gasteiger partial charge in [0.05, 0.1) is 12.8 Å². The number of ether oxygens (including phenoxy) is 2. The second-order valence-electron chi connectivity index (χ2n) is 6.77. The van der Waals surface area contributed by atoms with Crippen LogP contribution in [0.5, 0.6) is 11.5 Å². The van der Waals surface area contributed by atoms with Crippen molar-refractivity contribution in [2.45, 2.75) is 13.5 Å². The van der Waals surface area contributed by atoms with Crippen molar-refractivity contribution in [3.05, 3.63) is 89.3 Å². The minimum Gasteiger partial charge on any atom is -0.497 e. The van der Waals surface area contributed by atoms with Crippen LogP contribution in [-0.4, -0.2) is 35.1 Å². The molecule has 0 aliphatic rings. The molecular formula is C24H23NO5. The lowest BCUT2D eigenvalue weighted by Gasteiger charge is -2.08. The molecule has 0 aliphatic carbocycles. The molecule has 1 N–H and O–H groups in total. The molecule has 30 heavy (non-hydrogen) atoms. The van der Waals surface area contributed by atoms with Gasteiger partial charge in [-0.1, -0.05) is 42.0 Å². The van der Waals surface area contributed by atoms with Gasteiger partial charge in [0.15, 0.2) is 6.61 Å². The third-order valence-electron chi connectivity index (χ3n) is 4.49. The van der Waals surface area contributed by atoms with E-state index in [0.29, 0.717) is 29.3 Å². The molecule has 3 aromatic rings. The Labute approximate surface area is 175 Å². The van der Waals surface area contributed by atoms with E-state index in [1.165, 1.54) is 7.11 Å². The predicted octanol–water partition coefficient (Wildman–Crippen LogP) is 4.21. The summed E-state index contributed by atoms with van der Waals surface area (Å²) in [6, 6.07) is 16.3. The van der Waals surface area contributed by atoms with Crippen LogP contribution in [0.3, 0.4) is 0 Å². The number of rotatable bonds is 9. The number of methoxy groups -OCH3 is 1. The molecule has 0 radical (unpaired) electrons. The summed E-state index contributed by atoms with van der Waals surface area (Å²) in [5.74, 6) is -0.103. The van der Waals surface area contributed by atoms with Crippen LogP contribution in [-0.2, 0) is 11.3 Å². The standard InChI is InChI=1S/C24H23NO5/c1-17-7-9-19(10-8-17)24(28)22-6-4-12-25(22)11-3-5-18-13-20(29-2)15-21(14-18)30-16-23(26)27/h3-10,12-15H,11,16H2,1-2H3,(H,26,27)/b5-3+. The molecule has 2 aromatic carbocycles. The molecule has 0 amide bonds. The lowest BCUT2D eigenvalue weighted by molar-refractivity contribution is -0.139. The number of carbonyl (C=O) groups excluding carboxylic acids is 1. The molecule has 1 heterocycles. The molecule has 0 saturated carbocycles. The van der Waals surface area contributed by atoms with Crippen LogP contribution >= 0.6 is 0 Å². The predicted molar refractivity (Wildman–Crippen MR) is 114 cm³/mol. The fourth-order valence-electron chi connectivity index (χ4n) is 2.97. The molecule has 0 atom stereocenters. The largest absolute Gasteiger partial charge is 0.497 e. The third-order valence-corrected chi connectivity index (χ3v) is 4.49. The van der Waals surface area contributed by atoms with Crippen molar-refractivity contribution < 1.29 is 24.2 Å². The van der Waals surface area contributed by atoms with E-state index < -0.39 is 12.6 Å². The van der Waals surface area contributed by atoms with Crippen LogP contribution in [0.15, 0.2) is 66.9 Å². The van der Waals surface area contributed by atoms with Gasteiger partial charge in [0.25, 0.3) is 0 Å². The number of hydrogen-bond acceptors (Lipinski definition) is 4. The first kappa shape index (κ1) is 20.9. The van der Waals surface area contributed by atoms with Gasteiger partial charge in [0.1, 0.15) is 11.5 Å². The average molecular weight is 405 g/mol. The van der Waals surface area contributed by atoms with E-state index in [1.807, 2.05) is 66.2 Å². The minimum absolute atomic E-state index is 0.0286. The monoisotopic (exact) mass is 405 g/mol. The van der Waals surface area contributed by atoms with Crippen LogP contribution < -0.4 is 9.47 Å². The van der Waals surface area contributed by atoms with Gasteiger partial charge in [-0.05, 0) is 36.8 Å². The first-order valence-corrected chi connectivity index (χ1v) is 9.43. The smallest absolute Gasteiger partial charge is 0.341 e. The van der Waals surface area contributed by atoms with Crippen molar-refractivity contribution in [3.63, 3.8) is 0 Å². The number of carboxylic acid groups (broad SMARTS) is 1. The molecule has 0 aliphatic heterocycles. The Balaban J connectivity index is 1.74. The van der Waals surface area contributed by atoms with E-state index in [2.05, 4.69) is 0 Å². The number of benzene rings is 2. The van der Waals surface area contributed by atoms with Crippen LogP contribution in [0.25, 0.3) is 6.08 Å². The summed E-state index contributed by atoms with van der Waals surface area (Å²) in [6.45, 7) is 2.06. The number of aryl methyl sites for hydroxylation is 1. The molecule has 6 nitrogen and oxygen atoms in total. The molecule has 0 fully saturated rings. The van der Waals surface area contributed by atoms with Crippen molar-refractivity contribution in [2.75, 3.05) is 13.7 Å². The Hall–Kier alpha value is -3.80. The normalized spacial score (nSPS) is 10.9. The Bertz CT molecular complexity index is 1060. The van der Waals surface area contributed by atoms with Gasteiger partial charge in [0.2, 0.25) is 5.78 Å². The quantitative estimate of drug-likeness (QED) is 0.540. The fourth-order valence-corrected chi connectivity index (χ4v) is 2.97. The molecule has 0 bridgehead atoms. The first-order valence-electron chi connectivity index (χ1n) is 9.43. The summed E-state index contributed by atoms with van der Waals surface area (Å²) in [6.07, 6.45) is 5.65. The van der Waals surface area contributed by atoms with Crippen molar-refractivity contribution in [1.29, 1.82) is 0 Å². The van der Waals surface area contributed by atoms with Crippen molar-refractivity contribution in [1.82, 2.24) is 4.57 Å². The lowest BCUT2D eigenvalue weighted by atomic mass is 10.1. The Kier molecular flexibility index (Phi) is 6.70. The van der Waals surface area contributed by atoms with Crippen molar-refractivity contribution in [3.8, 4) is 11.5 Å². The highest BCUT2D eigenvalue weighted by molar-refractivity contribution is 6.08. The first-order chi connectivity index (χ1) is 14.5. The van der Waals surface area contributed by atoms with Gasteiger partial charge >= 0.3 is 5.97 Å². The van der Waals surface area contributed by atoms with Crippen LogP contribution in [0.4, 0.5) is 0 Å². The zero-order chi connectivity index (χ0) is 21.5. The molecule has 0 spiro atoms. The van der Waals surface area contributed by atoms with Gasteiger partial charge in [-0.15, -0.1) is 0 Å². The van der Waals surface area contributed by atoms with E-state index in [9.17, 15) is 9.59 Å². The second kappa shape index (κ2) is 9.60. The summed E-state index contributed by atoms with van der Waals surface area (Å²) < 4.78 is 12.4. The maximum atomic E-state index is 12.8. The number of hydrogen-bond donors (Lipinski definition) is 1. The Morgan fingerprint density at radius 2 is 1.80 bits per heavy atom. The number of aromatic nitrogens is 1. The molecular weight excluding hydrogens is 382 g/mol. The maximum Gasteiger partial charge on any atom is 0.341 e. The number of nitrogens with zero attached hydrogens (tertiary/aromatic N) is 1. The van der Waals surface area contributed by atoms with E-state index in [4.69, 9.17) is 14.6 Å². The number of carbonyl (C=O) groups is 2. The van der Waals surface area contributed by atoms with Crippen molar-refractivity contribution in [2.24, 2.45) is 0 Å². The summed E-state index contributed by atoms with van der Waals surface area (Å²) >= 11 is 0. The van der Waals surface area contributed by atoms with E-state index in [1.54, 1.807) is 18.2 Å². The van der Waals surface area contributed by atoms with Gasteiger partial charge in [-0.2, -0.15) is 0 Å². The number of allylic oxidation sites excluding steroid dienone is 1. The van der Waals surface area contributed by atoms with Gasteiger partial charge in [-0.3, -0.25) is 4.79 Å². The van der Waals surface area contributed by atoms with Crippen molar-refractivity contribution >= 4 is 17.8 Å². The highest BCUT2D eigenvalue weighted by atomic mass is 16.5. The summed E-state index contributed by atoms with van der Waals surface area (Å²) in [4.78, 5) is 23.5. The van der Waals surface area contributed by atoms with Gasteiger partial charge in [-0.25, -0.2) is 4.79 Å². The topological polar surface area (TPSA) is 77.8 Å². The highest BCUT2D eigenvalue weighted by Crippen LogP contribution is 2.24. The van der Waals surface area contributed by atoms with Crippen LogP contribution in [0.1, 0.15) is 27.2 Å². The highest BCUT2D eigenvalue weighted by Gasteiger charge is 2.12. The molecule has 3 rings (SSSR count). The lowest BCUT2D eigenvalue weighted by Crippen LogP contribution is -2.09. The fraction of sp³-hybridized carbons (Fsp3) is 0.167. The van der Waals surface area contributed by atoms with E-state index in [0.717, 1.165) is 11.1 Å². The van der Waals surface area contributed by atoms with E-state index >= 15 is 0 Å².